The van der Waals surface area contributed by atoms with Crippen molar-refractivity contribution < 1.29 is 9.30 Å². The van der Waals surface area contributed by atoms with Gasteiger partial charge in [0, 0.05) is 29.7 Å². The van der Waals surface area contributed by atoms with Crippen molar-refractivity contribution in [1.29, 1.82) is 0 Å². The lowest BCUT2D eigenvalue weighted by molar-refractivity contribution is -0.671. The Balaban J connectivity index is 1.37. The zero-order chi connectivity index (χ0) is 25.2. The number of aromatic nitrogens is 3. The largest absolute Gasteiger partial charge is 0.491 e. The van der Waals surface area contributed by atoms with Crippen molar-refractivity contribution in [3.63, 3.8) is 0 Å². The van der Waals surface area contributed by atoms with Crippen LogP contribution in [0.25, 0.3) is 33.5 Å². The van der Waals surface area contributed by atoms with Gasteiger partial charge in [-0.3, -0.25) is 0 Å². The van der Waals surface area contributed by atoms with E-state index < -0.39 is 0 Å². The van der Waals surface area contributed by atoms with Crippen LogP contribution in [0.5, 0.6) is 5.75 Å². The number of ether oxygens (including phenoxy) is 1. The van der Waals surface area contributed by atoms with Gasteiger partial charge < -0.3 is 4.74 Å². The molecule has 1 aliphatic carbocycles. The highest BCUT2D eigenvalue weighted by atomic mass is 16.5. The molecule has 184 valence electrons. The van der Waals surface area contributed by atoms with Gasteiger partial charge in [-0.15, -0.1) is 0 Å². The summed E-state index contributed by atoms with van der Waals surface area (Å²) in [6.45, 7) is 2.95. The van der Waals surface area contributed by atoms with Gasteiger partial charge in [-0.1, -0.05) is 74.0 Å². The van der Waals surface area contributed by atoms with Gasteiger partial charge in [-0.05, 0) is 41.5 Å². The van der Waals surface area contributed by atoms with Crippen LogP contribution < -0.4 is 9.30 Å². The Morgan fingerprint density at radius 3 is 2.19 bits per heavy atom. The topological polar surface area (TPSA) is 38.9 Å². The van der Waals surface area contributed by atoms with Crippen molar-refractivity contribution in [2.24, 2.45) is 7.05 Å². The van der Waals surface area contributed by atoms with Crippen molar-refractivity contribution in [3.05, 3.63) is 108 Å². The molecule has 0 N–H and O–H groups in total. The van der Waals surface area contributed by atoms with E-state index in [4.69, 9.17) is 14.7 Å². The Kier molecular flexibility index (Phi) is 6.17. The Hall–Kier alpha value is -4.05. The maximum atomic E-state index is 6.25. The molecule has 2 heterocycles. The predicted octanol–water partition coefficient (Wildman–Crippen LogP) is 6.85. The number of hydrogen-bond donors (Lipinski definition) is 0. The fourth-order valence-corrected chi connectivity index (χ4v) is 5.17. The number of rotatable bonds is 7. The number of hydrogen-bond acceptors (Lipinski definition) is 3. The van der Waals surface area contributed by atoms with Crippen LogP contribution in [0.1, 0.15) is 37.3 Å². The molecular weight excluding hydrogens is 454 g/mol. The Morgan fingerprint density at radius 1 is 0.784 bits per heavy atom. The predicted molar refractivity (Wildman–Crippen MR) is 148 cm³/mol. The lowest BCUT2D eigenvalue weighted by Gasteiger charge is -2.39. The van der Waals surface area contributed by atoms with Crippen LogP contribution in [-0.4, -0.2) is 16.6 Å². The molecule has 0 saturated heterocycles. The summed E-state index contributed by atoms with van der Waals surface area (Å²) in [7, 11) is 2.02. The summed E-state index contributed by atoms with van der Waals surface area (Å²) in [6.07, 6.45) is 8.81. The quantitative estimate of drug-likeness (QED) is 0.236. The van der Waals surface area contributed by atoms with Gasteiger partial charge >= 0.3 is 0 Å². The van der Waals surface area contributed by atoms with Gasteiger partial charge in [-0.25, -0.2) is 14.5 Å². The van der Waals surface area contributed by atoms with Gasteiger partial charge in [0.1, 0.15) is 18.3 Å². The number of benzene rings is 3. The molecule has 4 heteroatoms. The van der Waals surface area contributed by atoms with E-state index in [0.717, 1.165) is 45.7 Å². The van der Waals surface area contributed by atoms with Crippen molar-refractivity contribution in [3.8, 4) is 28.3 Å². The first-order valence-corrected chi connectivity index (χ1v) is 13.1. The molecule has 1 aliphatic rings. The molecular formula is C33H32N3O+. The minimum absolute atomic E-state index is 0.319. The van der Waals surface area contributed by atoms with E-state index in [9.17, 15) is 0 Å². The molecule has 1 saturated carbocycles. The van der Waals surface area contributed by atoms with Crippen LogP contribution in [0.15, 0.2) is 97.3 Å². The molecule has 0 aliphatic heterocycles. The first-order chi connectivity index (χ1) is 18.1. The molecule has 0 radical (unpaired) electrons. The van der Waals surface area contributed by atoms with Gasteiger partial charge in [-0.2, -0.15) is 0 Å². The first kappa shape index (κ1) is 23.4. The smallest absolute Gasteiger partial charge is 0.168 e. The SMILES string of the molecule is C[n+]1ccc(CCOc2cccc3nc(-c4ccc(C5(C)CCC5)cc4)c(-c4ccccc4)nc23)cc1. The second kappa shape index (κ2) is 9.78. The molecule has 3 aromatic carbocycles. The van der Waals surface area contributed by atoms with Gasteiger partial charge in [0.05, 0.1) is 23.5 Å². The van der Waals surface area contributed by atoms with Crippen LogP contribution in [0, 0.1) is 0 Å². The number of para-hydroxylation sites is 1. The van der Waals surface area contributed by atoms with Gasteiger partial charge in [0.2, 0.25) is 0 Å². The number of fused-ring (bicyclic) bond motifs is 1. The van der Waals surface area contributed by atoms with Crippen LogP contribution in [0.2, 0.25) is 0 Å². The molecule has 0 unspecified atom stereocenters. The zero-order valence-electron chi connectivity index (χ0n) is 21.5. The lowest BCUT2D eigenvalue weighted by Crippen LogP contribution is -2.30. The van der Waals surface area contributed by atoms with Crippen molar-refractivity contribution in [2.75, 3.05) is 6.61 Å². The molecule has 1 fully saturated rings. The first-order valence-electron chi connectivity index (χ1n) is 13.1. The second-order valence-corrected chi connectivity index (χ2v) is 10.4. The average Bonchev–Trinajstić information content (AvgIpc) is 2.93. The molecule has 0 spiro atoms. The Labute approximate surface area is 218 Å². The molecule has 0 amide bonds. The third-order valence-electron chi connectivity index (χ3n) is 7.71. The second-order valence-electron chi connectivity index (χ2n) is 10.4. The maximum absolute atomic E-state index is 6.25. The van der Waals surface area contributed by atoms with E-state index in [1.165, 1.54) is 30.4 Å². The molecule has 0 atom stereocenters. The molecule has 5 aromatic rings. The molecule has 2 aromatic heterocycles. The van der Waals surface area contributed by atoms with Gasteiger partial charge in [0.15, 0.2) is 12.4 Å². The van der Waals surface area contributed by atoms with E-state index in [1.54, 1.807) is 0 Å². The lowest BCUT2D eigenvalue weighted by atomic mass is 9.66. The van der Waals surface area contributed by atoms with Crippen molar-refractivity contribution >= 4 is 11.0 Å². The van der Waals surface area contributed by atoms with Crippen LogP contribution in [0.3, 0.4) is 0 Å². The highest BCUT2D eigenvalue weighted by Gasteiger charge is 2.33. The summed E-state index contributed by atoms with van der Waals surface area (Å²) in [5.41, 5.74) is 8.53. The number of pyridine rings is 1. The fraction of sp³-hybridized carbons (Fsp3) is 0.242. The highest BCUT2D eigenvalue weighted by Crippen LogP contribution is 2.43. The molecule has 0 bridgehead atoms. The van der Waals surface area contributed by atoms with E-state index in [1.807, 2.05) is 48.0 Å². The number of aryl methyl sites for hydroxylation is 1. The summed E-state index contributed by atoms with van der Waals surface area (Å²) in [6, 6.07) is 29.6. The molecule has 4 nitrogen and oxygen atoms in total. The van der Waals surface area contributed by atoms with Crippen LogP contribution >= 0.6 is 0 Å². The summed E-state index contributed by atoms with van der Waals surface area (Å²) >= 11 is 0. The fourth-order valence-electron chi connectivity index (χ4n) is 5.17. The van der Waals surface area contributed by atoms with E-state index in [0.29, 0.717) is 12.0 Å². The van der Waals surface area contributed by atoms with E-state index in [-0.39, 0.29) is 0 Å². The van der Waals surface area contributed by atoms with Crippen molar-refractivity contribution in [2.45, 2.75) is 38.0 Å². The van der Waals surface area contributed by atoms with Crippen LogP contribution in [0.4, 0.5) is 0 Å². The third-order valence-corrected chi connectivity index (χ3v) is 7.71. The van der Waals surface area contributed by atoms with Gasteiger partial charge in [0.25, 0.3) is 0 Å². The minimum atomic E-state index is 0.319. The summed E-state index contributed by atoms with van der Waals surface area (Å²) in [5, 5.41) is 0. The Bertz CT molecular complexity index is 1520. The van der Waals surface area contributed by atoms with E-state index >= 15 is 0 Å². The molecule has 6 rings (SSSR count). The summed E-state index contributed by atoms with van der Waals surface area (Å²) < 4.78 is 8.29. The minimum Gasteiger partial charge on any atom is -0.491 e. The zero-order valence-corrected chi connectivity index (χ0v) is 21.5. The normalized spacial score (nSPS) is 14.3. The third kappa shape index (κ3) is 4.72. The standard InChI is InChI=1S/C33H32N3O/c1-33(19-7-20-33)27-14-12-26(13-15-27)30-31(25-8-4-3-5-9-25)35-32-28(34-30)10-6-11-29(32)37-23-18-24-16-21-36(2)22-17-24/h3-6,8-17,21-22H,7,18-20,23H2,1-2H3/q+1. The molecule has 37 heavy (non-hydrogen) atoms. The monoisotopic (exact) mass is 486 g/mol. The number of nitrogens with zero attached hydrogens (tertiary/aromatic N) is 3. The maximum Gasteiger partial charge on any atom is 0.168 e. The van der Waals surface area contributed by atoms with E-state index in [2.05, 4.69) is 67.8 Å². The van der Waals surface area contributed by atoms with Crippen molar-refractivity contribution in [1.82, 2.24) is 9.97 Å². The Morgan fingerprint density at radius 2 is 1.49 bits per heavy atom. The summed E-state index contributed by atoms with van der Waals surface area (Å²) in [4.78, 5) is 10.3. The average molecular weight is 487 g/mol. The van der Waals surface area contributed by atoms with Crippen LogP contribution in [-0.2, 0) is 18.9 Å². The highest BCUT2D eigenvalue weighted by molar-refractivity contribution is 5.89. The summed E-state index contributed by atoms with van der Waals surface area (Å²) in [5.74, 6) is 0.767.